The molecular weight excluding hydrogens is 260 g/mol. The lowest BCUT2D eigenvalue weighted by molar-refractivity contribution is 0.509. The van der Waals surface area contributed by atoms with Crippen LogP contribution >= 0.6 is 11.8 Å². The minimum atomic E-state index is -0.930. The molecule has 0 radical (unpaired) electrons. The van der Waals surface area contributed by atoms with Crippen molar-refractivity contribution in [1.29, 1.82) is 0 Å². The average Bonchev–Trinajstić information content (AvgIpc) is 2.86. The summed E-state index contributed by atoms with van der Waals surface area (Å²) in [4.78, 5) is 4.14. The van der Waals surface area contributed by atoms with E-state index in [1.54, 1.807) is 6.26 Å². The molecule has 0 unspecified atom stereocenters. The van der Waals surface area contributed by atoms with E-state index >= 15 is 0 Å². The molecule has 8 heteroatoms. The second-order valence-electron chi connectivity index (χ2n) is 3.20. The Morgan fingerprint density at radius 2 is 2.00 bits per heavy atom. The zero-order valence-electron chi connectivity index (χ0n) is 9.34. The van der Waals surface area contributed by atoms with Gasteiger partial charge in [0.25, 0.3) is 0 Å². The van der Waals surface area contributed by atoms with Gasteiger partial charge in [0.15, 0.2) is 16.8 Å². The molecule has 0 saturated carbocycles. The Kier molecular flexibility index (Phi) is 3.88. The molecule has 0 spiro atoms. The molecule has 1 N–H and O–H groups in total. The van der Waals surface area contributed by atoms with E-state index in [2.05, 4.69) is 20.6 Å². The molecule has 0 bridgehead atoms. The summed E-state index contributed by atoms with van der Waals surface area (Å²) in [5.74, 6) is -1.83. The number of nitrogens with one attached hydrogen (secondary N) is 1. The van der Waals surface area contributed by atoms with Crippen LogP contribution in [0.1, 0.15) is 0 Å². The van der Waals surface area contributed by atoms with E-state index in [4.69, 9.17) is 0 Å². The minimum Gasteiger partial charge on any atom is -0.270 e. The van der Waals surface area contributed by atoms with Gasteiger partial charge in [-0.3, -0.25) is 5.43 Å². The van der Waals surface area contributed by atoms with Crippen molar-refractivity contribution in [3.05, 3.63) is 42.5 Å². The van der Waals surface area contributed by atoms with E-state index in [-0.39, 0.29) is 0 Å². The highest BCUT2D eigenvalue weighted by molar-refractivity contribution is 8.13. The molecule has 2 rings (SSSR count). The van der Waals surface area contributed by atoms with E-state index in [9.17, 15) is 8.78 Å². The summed E-state index contributed by atoms with van der Waals surface area (Å²) in [7, 11) is 0. The van der Waals surface area contributed by atoms with Crippen LogP contribution in [0.4, 0.5) is 14.5 Å². The third kappa shape index (κ3) is 3.04. The monoisotopic (exact) mass is 269 g/mol. The van der Waals surface area contributed by atoms with Gasteiger partial charge < -0.3 is 0 Å². The first kappa shape index (κ1) is 12.5. The Balaban J connectivity index is 2.20. The summed E-state index contributed by atoms with van der Waals surface area (Å²) in [5.41, 5.74) is 3.20. The largest absolute Gasteiger partial charge is 0.270 e. The third-order valence-corrected chi connectivity index (χ3v) is 2.54. The summed E-state index contributed by atoms with van der Waals surface area (Å²) in [6.07, 6.45) is 4.71. The van der Waals surface area contributed by atoms with E-state index < -0.39 is 11.6 Å². The van der Waals surface area contributed by atoms with Crippen molar-refractivity contribution in [3.8, 4) is 0 Å². The van der Waals surface area contributed by atoms with Crippen molar-refractivity contribution in [2.24, 2.45) is 4.99 Å². The summed E-state index contributed by atoms with van der Waals surface area (Å²) in [6.45, 7) is 0. The Morgan fingerprint density at radius 1 is 1.28 bits per heavy atom. The molecule has 0 fully saturated rings. The predicted molar refractivity (Wildman–Crippen MR) is 66.4 cm³/mol. The Bertz CT molecular complexity index is 555. The van der Waals surface area contributed by atoms with Crippen molar-refractivity contribution in [2.75, 3.05) is 11.7 Å². The number of thioether (sulfide) groups is 1. The van der Waals surface area contributed by atoms with Crippen LogP contribution < -0.4 is 5.43 Å². The van der Waals surface area contributed by atoms with Crippen molar-refractivity contribution in [1.82, 2.24) is 14.9 Å². The van der Waals surface area contributed by atoms with Crippen LogP contribution in [-0.2, 0) is 0 Å². The molecule has 0 aliphatic heterocycles. The molecule has 0 amide bonds. The number of hydrogen-bond donors (Lipinski definition) is 1. The quantitative estimate of drug-likeness (QED) is 0.670. The van der Waals surface area contributed by atoms with Crippen LogP contribution in [0.3, 0.4) is 0 Å². The molecule has 0 atom stereocenters. The molecular formula is C10H9F2N5S. The standard InChI is InChI=1S/C10H9F2N5S/c1-18-10(16-17-5-13-14-6-17)15-7-2-3-8(11)9(12)4-7/h2-6H,1H3,(H,15,16). The van der Waals surface area contributed by atoms with Crippen LogP contribution in [0.2, 0.25) is 0 Å². The molecule has 5 nitrogen and oxygen atoms in total. The maximum Gasteiger partial charge on any atom is 0.180 e. The van der Waals surface area contributed by atoms with Crippen molar-refractivity contribution >= 4 is 22.6 Å². The van der Waals surface area contributed by atoms with E-state index in [0.717, 1.165) is 12.1 Å². The number of benzene rings is 1. The Hall–Kier alpha value is -1.96. The van der Waals surface area contributed by atoms with Crippen LogP contribution in [0.15, 0.2) is 35.8 Å². The van der Waals surface area contributed by atoms with E-state index in [1.165, 1.54) is 35.2 Å². The number of aromatic nitrogens is 3. The normalized spacial score (nSPS) is 11.6. The number of hydrogen-bond acceptors (Lipinski definition) is 4. The number of halogens is 2. The molecule has 1 aromatic carbocycles. The summed E-state index contributed by atoms with van der Waals surface area (Å²) in [5, 5.41) is 7.74. The number of aliphatic imine (C=N–C) groups is 1. The highest BCUT2D eigenvalue weighted by Gasteiger charge is 2.03. The fourth-order valence-corrected chi connectivity index (χ4v) is 1.55. The molecule has 1 heterocycles. The minimum absolute atomic E-state index is 0.318. The molecule has 0 aliphatic carbocycles. The van der Waals surface area contributed by atoms with Gasteiger partial charge in [0.2, 0.25) is 0 Å². The Labute approximate surface area is 106 Å². The third-order valence-electron chi connectivity index (χ3n) is 1.97. The topological polar surface area (TPSA) is 55.1 Å². The van der Waals surface area contributed by atoms with Crippen LogP contribution in [0.25, 0.3) is 0 Å². The molecule has 2 aromatic rings. The zero-order chi connectivity index (χ0) is 13.0. The average molecular weight is 269 g/mol. The van der Waals surface area contributed by atoms with Gasteiger partial charge in [-0.15, -0.1) is 10.2 Å². The SMILES string of the molecule is CSC(=Nc1ccc(F)c(F)c1)Nn1cnnc1. The molecule has 1 aromatic heterocycles. The van der Waals surface area contributed by atoms with Crippen molar-refractivity contribution < 1.29 is 8.78 Å². The maximum atomic E-state index is 13.0. The molecule has 0 aliphatic rings. The fraction of sp³-hybridized carbons (Fsp3) is 0.100. The predicted octanol–water partition coefficient (Wildman–Crippen LogP) is 2.15. The highest BCUT2D eigenvalue weighted by Crippen LogP contribution is 2.17. The van der Waals surface area contributed by atoms with Crippen LogP contribution in [0.5, 0.6) is 0 Å². The number of nitrogens with zero attached hydrogens (tertiary/aromatic N) is 4. The van der Waals surface area contributed by atoms with E-state index in [1.807, 2.05) is 0 Å². The summed E-state index contributed by atoms with van der Waals surface area (Å²) < 4.78 is 27.3. The van der Waals surface area contributed by atoms with Gasteiger partial charge in [0.1, 0.15) is 12.7 Å². The molecule has 94 valence electrons. The van der Waals surface area contributed by atoms with Crippen LogP contribution in [-0.4, -0.2) is 26.3 Å². The van der Waals surface area contributed by atoms with Gasteiger partial charge in [-0.25, -0.2) is 18.4 Å². The smallest absolute Gasteiger partial charge is 0.180 e. The van der Waals surface area contributed by atoms with Crippen LogP contribution in [0, 0.1) is 11.6 Å². The van der Waals surface area contributed by atoms with Gasteiger partial charge in [0.05, 0.1) is 5.69 Å². The Morgan fingerprint density at radius 3 is 2.61 bits per heavy atom. The molecule has 0 saturated heterocycles. The van der Waals surface area contributed by atoms with Gasteiger partial charge >= 0.3 is 0 Å². The van der Waals surface area contributed by atoms with Gasteiger partial charge in [-0.05, 0) is 18.4 Å². The number of amidine groups is 1. The maximum absolute atomic E-state index is 13.0. The summed E-state index contributed by atoms with van der Waals surface area (Å²) in [6, 6.07) is 3.45. The lowest BCUT2D eigenvalue weighted by Crippen LogP contribution is -2.18. The second-order valence-corrected chi connectivity index (χ2v) is 4.00. The first-order valence-electron chi connectivity index (χ1n) is 4.88. The van der Waals surface area contributed by atoms with Crippen molar-refractivity contribution in [2.45, 2.75) is 0 Å². The summed E-state index contributed by atoms with van der Waals surface area (Å²) >= 11 is 1.32. The van der Waals surface area contributed by atoms with Gasteiger partial charge in [-0.1, -0.05) is 11.8 Å². The lowest BCUT2D eigenvalue weighted by Gasteiger charge is -2.06. The fourth-order valence-electron chi connectivity index (χ4n) is 1.16. The highest BCUT2D eigenvalue weighted by atomic mass is 32.2. The first-order chi connectivity index (χ1) is 8.69. The second kappa shape index (κ2) is 5.58. The zero-order valence-corrected chi connectivity index (χ0v) is 10.2. The number of rotatable bonds is 2. The van der Waals surface area contributed by atoms with Crippen molar-refractivity contribution in [3.63, 3.8) is 0 Å². The van der Waals surface area contributed by atoms with E-state index in [0.29, 0.717) is 10.9 Å². The lowest BCUT2D eigenvalue weighted by atomic mass is 10.3. The van der Waals surface area contributed by atoms with Gasteiger partial charge in [-0.2, -0.15) is 0 Å². The van der Waals surface area contributed by atoms with Gasteiger partial charge in [0, 0.05) is 6.07 Å². The first-order valence-corrected chi connectivity index (χ1v) is 6.11. The molecule has 18 heavy (non-hydrogen) atoms.